The van der Waals surface area contributed by atoms with Gasteiger partial charge in [-0.25, -0.2) is 0 Å². The molecular formula is C14H17N. The van der Waals surface area contributed by atoms with E-state index in [2.05, 4.69) is 30.8 Å². The molecule has 1 aromatic carbocycles. The third-order valence-corrected chi connectivity index (χ3v) is 2.12. The van der Waals surface area contributed by atoms with Crippen molar-refractivity contribution in [2.75, 3.05) is 5.32 Å². The molecule has 0 aliphatic rings. The number of hydrogen-bond acceptors (Lipinski definition) is 1. The molecule has 1 unspecified atom stereocenters. The number of allylic oxidation sites excluding steroid dienone is 1. The standard InChI is InChI=1S/C14H17N/c1-3-8-13(4-2)11-12-15-14-9-6-5-7-10-14/h4-7,9-10,13,15H,2-3,8H2,1H3. The van der Waals surface area contributed by atoms with Crippen LogP contribution in [0.15, 0.2) is 43.0 Å². The largest absolute Gasteiger partial charge is 0.315 e. The molecule has 0 spiro atoms. The van der Waals surface area contributed by atoms with Gasteiger partial charge >= 0.3 is 0 Å². The van der Waals surface area contributed by atoms with E-state index in [0.717, 1.165) is 18.5 Å². The average Bonchev–Trinajstić information content (AvgIpc) is 2.29. The SMILES string of the molecule is C=CC(C#CNc1ccccc1)CCC. The van der Waals surface area contributed by atoms with Crippen molar-refractivity contribution in [1.29, 1.82) is 0 Å². The van der Waals surface area contributed by atoms with Gasteiger partial charge in [-0.15, -0.1) is 6.58 Å². The normalized spacial score (nSPS) is 11.0. The summed E-state index contributed by atoms with van der Waals surface area (Å²) < 4.78 is 0. The Kier molecular flexibility index (Phi) is 5.11. The summed E-state index contributed by atoms with van der Waals surface area (Å²) in [6.45, 7) is 5.93. The molecule has 0 saturated carbocycles. The maximum absolute atomic E-state index is 3.78. The number of anilines is 1. The van der Waals surface area contributed by atoms with E-state index in [0.29, 0.717) is 5.92 Å². The van der Waals surface area contributed by atoms with Crippen molar-refractivity contribution in [2.45, 2.75) is 19.8 Å². The van der Waals surface area contributed by atoms with Gasteiger partial charge in [-0.05, 0) is 18.6 Å². The fourth-order valence-electron chi connectivity index (χ4n) is 1.28. The predicted molar refractivity (Wildman–Crippen MR) is 66.4 cm³/mol. The highest BCUT2D eigenvalue weighted by Gasteiger charge is 1.95. The second-order valence-corrected chi connectivity index (χ2v) is 3.39. The van der Waals surface area contributed by atoms with Crippen LogP contribution in [-0.4, -0.2) is 0 Å². The van der Waals surface area contributed by atoms with Crippen LogP contribution in [0.4, 0.5) is 5.69 Å². The topological polar surface area (TPSA) is 12.0 Å². The zero-order valence-electron chi connectivity index (χ0n) is 9.16. The van der Waals surface area contributed by atoms with E-state index in [4.69, 9.17) is 0 Å². The summed E-state index contributed by atoms with van der Waals surface area (Å²) in [6, 6.07) is 12.9. The van der Waals surface area contributed by atoms with Gasteiger partial charge in [-0.1, -0.05) is 43.5 Å². The van der Waals surface area contributed by atoms with Crippen LogP contribution in [0.3, 0.4) is 0 Å². The number of nitrogens with one attached hydrogen (secondary N) is 1. The molecule has 1 aromatic rings. The van der Waals surface area contributed by atoms with Crippen molar-refractivity contribution < 1.29 is 0 Å². The summed E-state index contributed by atoms with van der Waals surface area (Å²) in [5.41, 5.74) is 1.03. The minimum absolute atomic E-state index is 0.297. The molecule has 0 heterocycles. The van der Waals surface area contributed by atoms with Gasteiger partial charge < -0.3 is 5.32 Å². The van der Waals surface area contributed by atoms with Crippen LogP contribution >= 0.6 is 0 Å². The smallest absolute Gasteiger partial charge is 0.0459 e. The van der Waals surface area contributed by atoms with Gasteiger partial charge in [0.1, 0.15) is 0 Å². The van der Waals surface area contributed by atoms with Gasteiger partial charge in [0, 0.05) is 17.6 Å². The molecule has 0 bridgehead atoms. The van der Waals surface area contributed by atoms with Crippen molar-refractivity contribution in [3.63, 3.8) is 0 Å². The van der Waals surface area contributed by atoms with E-state index in [1.54, 1.807) is 0 Å². The first kappa shape index (κ1) is 11.4. The van der Waals surface area contributed by atoms with E-state index < -0.39 is 0 Å². The van der Waals surface area contributed by atoms with E-state index in [-0.39, 0.29) is 0 Å². The van der Waals surface area contributed by atoms with Gasteiger partial charge in [-0.3, -0.25) is 0 Å². The fraction of sp³-hybridized carbons (Fsp3) is 0.286. The molecule has 1 rings (SSSR count). The molecule has 0 aliphatic carbocycles. The number of para-hydroxylation sites is 1. The van der Waals surface area contributed by atoms with Crippen LogP contribution in [0, 0.1) is 17.9 Å². The number of hydrogen-bond donors (Lipinski definition) is 1. The quantitative estimate of drug-likeness (QED) is 0.443. The van der Waals surface area contributed by atoms with Crippen molar-refractivity contribution >= 4 is 5.69 Å². The summed E-state index contributed by atoms with van der Waals surface area (Å²) in [6.07, 6.45) is 4.12. The summed E-state index contributed by atoms with van der Waals surface area (Å²) in [7, 11) is 0. The molecular weight excluding hydrogens is 182 g/mol. The van der Waals surface area contributed by atoms with Crippen LogP contribution in [0.5, 0.6) is 0 Å². The molecule has 1 heteroatoms. The third kappa shape index (κ3) is 4.37. The maximum Gasteiger partial charge on any atom is 0.0459 e. The lowest BCUT2D eigenvalue weighted by Gasteiger charge is -2.01. The Morgan fingerprint density at radius 3 is 2.73 bits per heavy atom. The second-order valence-electron chi connectivity index (χ2n) is 3.39. The molecule has 0 radical (unpaired) electrons. The lowest BCUT2D eigenvalue weighted by atomic mass is 10.1. The van der Waals surface area contributed by atoms with Gasteiger partial charge in [0.05, 0.1) is 0 Å². The predicted octanol–water partition coefficient (Wildman–Crippen LogP) is 3.66. The molecule has 78 valence electrons. The van der Waals surface area contributed by atoms with Crippen LogP contribution in [0.2, 0.25) is 0 Å². The van der Waals surface area contributed by atoms with Crippen molar-refractivity contribution in [2.24, 2.45) is 5.92 Å². The summed E-state index contributed by atoms with van der Waals surface area (Å²) in [5.74, 6) is 3.44. The first-order valence-electron chi connectivity index (χ1n) is 5.31. The lowest BCUT2D eigenvalue weighted by molar-refractivity contribution is 0.710. The molecule has 1 N–H and O–H groups in total. The molecule has 0 aromatic heterocycles. The first-order chi connectivity index (χ1) is 7.36. The molecule has 0 amide bonds. The molecule has 1 nitrogen and oxygen atoms in total. The fourth-order valence-corrected chi connectivity index (χ4v) is 1.28. The van der Waals surface area contributed by atoms with Crippen molar-refractivity contribution in [3.8, 4) is 12.0 Å². The van der Waals surface area contributed by atoms with E-state index in [1.807, 2.05) is 36.4 Å². The minimum Gasteiger partial charge on any atom is -0.315 e. The second kappa shape index (κ2) is 6.73. The van der Waals surface area contributed by atoms with E-state index >= 15 is 0 Å². The zero-order valence-corrected chi connectivity index (χ0v) is 9.16. The van der Waals surface area contributed by atoms with E-state index in [1.165, 1.54) is 0 Å². The minimum atomic E-state index is 0.297. The van der Waals surface area contributed by atoms with Gasteiger partial charge in [0.25, 0.3) is 0 Å². The van der Waals surface area contributed by atoms with Gasteiger partial charge in [0.15, 0.2) is 0 Å². The lowest BCUT2D eigenvalue weighted by Crippen LogP contribution is -1.93. The first-order valence-corrected chi connectivity index (χ1v) is 5.31. The van der Waals surface area contributed by atoms with Crippen molar-refractivity contribution in [1.82, 2.24) is 0 Å². The molecule has 0 saturated heterocycles. The Balaban J connectivity index is 2.48. The summed E-state index contributed by atoms with van der Waals surface area (Å²) >= 11 is 0. The number of rotatable bonds is 4. The van der Waals surface area contributed by atoms with Gasteiger partial charge in [0.2, 0.25) is 0 Å². The van der Waals surface area contributed by atoms with E-state index in [9.17, 15) is 0 Å². The Labute approximate surface area is 92.2 Å². The molecule has 0 fully saturated rings. The van der Waals surface area contributed by atoms with Crippen molar-refractivity contribution in [3.05, 3.63) is 43.0 Å². The Morgan fingerprint density at radius 1 is 1.40 bits per heavy atom. The van der Waals surface area contributed by atoms with Crippen LogP contribution in [0.1, 0.15) is 19.8 Å². The zero-order chi connectivity index (χ0) is 10.9. The number of benzene rings is 1. The Bertz CT molecular complexity index is 343. The average molecular weight is 199 g/mol. The molecule has 0 aliphatic heterocycles. The highest BCUT2D eigenvalue weighted by Crippen LogP contribution is 2.06. The highest BCUT2D eigenvalue weighted by molar-refractivity contribution is 5.47. The Hall–Kier alpha value is -1.68. The Morgan fingerprint density at radius 2 is 2.13 bits per heavy atom. The third-order valence-electron chi connectivity index (χ3n) is 2.12. The molecule has 15 heavy (non-hydrogen) atoms. The highest BCUT2D eigenvalue weighted by atomic mass is 14.8. The molecule has 1 atom stereocenters. The van der Waals surface area contributed by atoms with Crippen LogP contribution in [-0.2, 0) is 0 Å². The van der Waals surface area contributed by atoms with Crippen LogP contribution < -0.4 is 5.32 Å². The van der Waals surface area contributed by atoms with Gasteiger partial charge in [-0.2, -0.15) is 0 Å². The maximum atomic E-state index is 3.78. The summed E-state index contributed by atoms with van der Waals surface area (Å²) in [5, 5.41) is 3.06. The summed E-state index contributed by atoms with van der Waals surface area (Å²) in [4.78, 5) is 0. The van der Waals surface area contributed by atoms with Crippen LogP contribution in [0.25, 0.3) is 0 Å². The monoisotopic (exact) mass is 199 g/mol.